The first-order valence-corrected chi connectivity index (χ1v) is 11.5. The number of likely N-dealkylation sites (N-methyl/N-ethyl adjacent to an activating group) is 1. The van der Waals surface area contributed by atoms with E-state index in [0.29, 0.717) is 17.1 Å². The molecule has 5 rings (SSSR count). The number of fused-ring (bicyclic) bond motifs is 2. The quantitative estimate of drug-likeness (QED) is 0.459. The van der Waals surface area contributed by atoms with Gasteiger partial charge in [-0.15, -0.1) is 0 Å². The van der Waals surface area contributed by atoms with Gasteiger partial charge in [-0.3, -0.25) is 5.10 Å². The third-order valence-electron chi connectivity index (χ3n) is 6.42. The lowest BCUT2D eigenvalue weighted by Gasteiger charge is -2.41. The Morgan fingerprint density at radius 3 is 2.88 bits per heavy atom. The number of anilines is 1. The summed E-state index contributed by atoms with van der Waals surface area (Å²) in [5.41, 5.74) is 4.79. The number of hydrogen-bond donors (Lipinski definition) is 2. The van der Waals surface area contributed by atoms with E-state index in [-0.39, 0.29) is 6.10 Å². The van der Waals surface area contributed by atoms with Crippen LogP contribution in [0.3, 0.4) is 0 Å². The van der Waals surface area contributed by atoms with Crippen LogP contribution in [0.25, 0.3) is 33.5 Å². The van der Waals surface area contributed by atoms with Crippen molar-refractivity contribution in [1.82, 2.24) is 25.1 Å². The van der Waals surface area contributed by atoms with Gasteiger partial charge in [-0.05, 0) is 64.2 Å². The second kappa shape index (κ2) is 8.39. The van der Waals surface area contributed by atoms with E-state index in [1.807, 2.05) is 18.2 Å². The van der Waals surface area contributed by atoms with Crippen molar-refractivity contribution in [2.45, 2.75) is 39.0 Å². The van der Waals surface area contributed by atoms with Crippen molar-refractivity contribution >= 4 is 39.2 Å². The first-order chi connectivity index (χ1) is 15.4. The Morgan fingerprint density at radius 1 is 1.22 bits per heavy atom. The number of hydrogen-bond acceptors (Lipinski definition) is 5. The SMILES string of the molecule is CC(C)N(C)C[C@H]1CN(c2ccc3nc(-c4n[nH]c5cc(Cl)ccc45)[nH]c3c2)[C@@H](C)CO1. The number of nitrogens with one attached hydrogen (secondary N) is 2. The zero-order valence-corrected chi connectivity index (χ0v) is 19.6. The number of ether oxygens (including phenoxy) is 1. The third kappa shape index (κ3) is 3.96. The number of benzene rings is 2. The molecule has 0 bridgehead atoms. The molecule has 1 saturated heterocycles. The highest BCUT2D eigenvalue weighted by Crippen LogP contribution is 2.30. The van der Waals surface area contributed by atoms with E-state index in [2.05, 4.69) is 71.0 Å². The van der Waals surface area contributed by atoms with E-state index < -0.39 is 0 Å². The fourth-order valence-corrected chi connectivity index (χ4v) is 4.45. The summed E-state index contributed by atoms with van der Waals surface area (Å²) in [7, 11) is 2.15. The number of rotatable bonds is 5. The Morgan fingerprint density at radius 2 is 2.06 bits per heavy atom. The topological polar surface area (TPSA) is 73.1 Å². The Labute approximate surface area is 192 Å². The Balaban J connectivity index is 1.43. The van der Waals surface area contributed by atoms with E-state index in [4.69, 9.17) is 21.3 Å². The number of morpholine rings is 1. The molecule has 0 saturated carbocycles. The lowest BCUT2D eigenvalue weighted by molar-refractivity contribution is 0.000769. The number of halogens is 1. The normalized spacial score (nSPS) is 19.7. The van der Waals surface area contributed by atoms with Crippen molar-refractivity contribution in [3.63, 3.8) is 0 Å². The summed E-state index contributed by atoms with van der Waals surface area (Å²) in [5, 5.41) is 9.19. The molecule has 1 fully saturated rings. The van der Waals surface area contributed by atoms with Crippen LogP contribution < -0.4 is 4.90 Å². The first kappa shape index (κ1) is 21.2. The molecule has 2 aromatic heterocycles. The zero-order chi connectivity index (χ0) is 22.4. The molecule has 32 heavy (non-hydrogen) atoms. The maximum absolute atomic E-state index is 6.13. The van der Waals surface area contributed by atoms with Gasteiger partial charge in [0.25, 0.3) is 0 Å². The monoisotopic (exact) mass is 452 g/mol. The summed E-state index contributed by atoms with van der Waals surface area (Å²) in [6, 6.07) is 12.9. The number of H-pyrrole nitrogens is 2. The molecular formula is C24H29ClN6O. The summed E-state index contributed by atoms with van der Waals surface area (Å²) in [4.78, 5) is 13.0. The van der Waals surface area contributed by atoms with E-state index in [0.717, 1.165) is 53.2 Å². The highest BCUT2D eigenvalue weighted by Gasteiger charge is 2.28. The van der Waals surface area contributed by atoms with Crippen LogP contribution in [-0.2, 0) is 4.74 Å². The minimum Gasteiger partial charge on any atom is -0.373 e. The molecule has 168 valence electrons. The Kier molecular flexibility index (Phi) is 5.57. The molecule has 0 spiro atoms. The number of imidazole rings is 1. The fourth-order valence-electron chi connectivity index (χ4n) is 4.28. The van der Waals surface area contributed by atoms with Crippen molar-refractivity contribution in [3.05, 3.63) is 41.4 Å². The molecular weight excluding hydrogens is 424 g/mol. The van der Waals surface area contributed by atoms with Crippen LogP contribution in [0, 0.1) is 0 Å². The van der Waals surface area contributed by atoms with Crippen molar-refractivity contribution in [3.8, 4) is 11.5 Å². The van der Waals surface area contributed by atoms with Crippen molar-refractivity contribution in [1.29, 1.82) is 0 Å². The van der Waals surface area contributed by atoms with Gasteiger partial charge in [-0.2, -0.15) is 5.10 Å². The minimum absolute atomic E-state index is 0.189. The van der Waals surface area contributed by atoms with Crippen LogP contribution in [0.15, 0.2) is 36.4 Å². The Bertz CT molecular complexity index is 1250. The number of aromatic nitrogens is 4. The van der Waals surface area contributed by atoms with Crippen LogP contribution in [0.4, 0.5) is 5.69 Å². The standard InChI is InChI=1S/C24H29ClN6O/c1-14(2)30(4)11-18-12-31(15(3)13-32-18)17-6-8-20-22(10-17)27-24(26-20)23-19-7-5-16(25)9-21(19)28-29-23/h5-10,14-15,18H,11-13H2,1-4H3,(H,26,27)(H,28,29)/t15-,18-/m0/s1. The summed E-state index contributed by atoms with van der Waals surface area (Å²) in [6.45, 7) is 9.16. The van der Waals surface area contributed by atoms with Gasteiger partial charge in [0.1, 0.15) is 5.69 Å². The second-order valence-corrected chi connectivity index (χ2v) is 9.48. The smallest absolute Gasteiger partial charge is 0.159 e. The second-order valence-electron chi connectivity index (χ2n) is 9.04. The van der Waals surface area contributed by atoms with Gasteiger partial charge in [0.05, 0.1) is 29.3 Å². The molecule has 0 unspecified atom stereocenters. The molecule has 7 nitrogen and oxygen atoms in total. The van der Waals surface area contributed by atoms with Gasteiger partial charge in [0.15, 0.2) is 5.82 Å². The Hall–Kier alpha value is -2.61. The van der Waals surface area contributed by atoms with E-state index >= 15 is 0 Å². The van der Waals surface area contributed by atoms with Gasteiger partial charge in [0.2, 0.25) is 0 Å². The van der Waals surface area contributed by atoms with Crippen LogP contribution in [0.2, 0.25) is 5.02 Å². The molecule has 1 aliphatic rings. The lowest BCUT2D eigenvalue weighted by Crippen LogP contribution is -2.52. The van der Waals surface area contributed by atoms with Gasteiger partial charge in [0, 0.05) is 41.3 Å². The van der Waals surface area contributed by atoms with Gasteiger partial charge < -0.3 is 19.5 Å². The molecule has 0 aliphatic carbocycles. The average Bonchev–Trinajstić information content (AvgIpc) is 3.37. The van der Waals surface area contributed by atoms with Crippen molar-refractivity contribution in [2.75, 3.05) is 31.6 Å². The minimum atomic E-state index is 0.189. The summed E-state index contributed by atoms with van der Waals surface area (Å²) >= 11 is 6.11. The largest absolute Gasteiger partial charge is 0.373 e. The van der Waals surface area contributed by atoms with Crippen molar-refractivity contribution < 1.29 is 4.74 Å². The predicted molar refractivity (Wildman–Crippen MR) is 131 cm³/mol. The maximum Gasteiger partial charge on any atom is 0.159 e. The van der Waals surface area contributed by atoms with Crippen LogP contribution in [0.1, 0.15) is 20.8 Å². The van der Waals surface area contributed by atoms with Crippen molar-refractivity contribution in [2.24, 2.45) is 0 Å². The average molecular weight is 453 g/mol. The lowest BCUT2D eigenvalue weighted by atomic mass is 10.1. The fraction of sp³-hybridized carbons (Fsp3) is 0.417. The third-order valence-corrected chi connectivity index (χ3v) is 6.66. The van der Waals surface area contributed by atoms with Gasteiger partial charge in [-0.1, -0.05) is 11.6 Å². The number of nitrogens with zero attached hydrogens (tertiary/aromatic N) is 4. The van der Waals surface area contributed by atoms with Crippen LogP contribution >= 0.6 is 11.6 Å². The summed E-state index contributed by atoms with van der Waals surface area (Å²) < 4.78 is 6.13. The first-order valence-electron chi connectivity index (χ1n) is 11.1. The van der Waals surface area contributed by atoms with Crippen LogP contribution in [0.5, 0.6) is 0 Å². The highest BCUT2D eigenvalue weighted by atomic mass is 35.5. The predicted octanol–water partition coefficient (Wildman–Crippen LogP) is 4.69. The van der Waals surface area contributed by atoms with E-state index in [1.165, 1.54) is 5.69 Å². The van der Waals surface area contributed by atoms with E-state index in [1.54, 1.807) is 0 Å². The molecule has 2 atom stereocenters. The molecule has 0 amide bonds. The molecule has 2 N–H and O–H groups in total. The summed E-state index contributed by atoms with van der Waals surface area (Å²) in [5.74, 6) is 0.747. The molecule has 1 aliphatic heterocycles. The van der Waals surface area contributed by atoms with Crippen LogP contribution in [-0.4, -0.2) is 70.0 Å². The zero-order valence-electron chi connectivity index (χ0n) is 18.9. The molecule has 2 aromatic carbocycles. The molecule has 8 heteroatoms. The molecule has 0 radical (unpaired) electrons. The maximum atomic E-state index is 6.13. The molecule has 3 heterocycles. The van der Waals surface area contributed by atoms with Gasteiger partial charge in [-0.25, -0.2) is 4.98 Å². The number of aromatic amines is 2. The highest BCUT2D eigenvalue weighted by molar-refractivity contribution is 6.31. The van der Waals surface area contributed by atoms with Gasteiger partial charge >= 0.3 is 0 Å². The van der Waals surface area contributed by atoms with E-state index in [9.17, 15) is 0 Å². The summed E-state index contributed by atoms with van der Waals surface area (Å²) in [6.07, 6.45) is 0.189. The molecule has 4 aromatic rings.